The van der Waals surface area contributed by atoms with Crippen molar-refractivity contribution in [3.05, 3.63) is 47.8 Å². The van der Waals surface area contributed by atoms with Crippen molar-refractivity contribution in [2.45, 2.75) is 31.2 Å². The predicted octanol–water partition coefficient (Wildman–Crippen LogP) is 1.78. The number of ether oxygens (including phenoxy) is 1. The van der Waals surface area contributed by atoms with E-state index < -0.39 is 0 Å². The van der Waals surface area contributed by atoms with E-state index >= 15 is 0 Å². The maximum absolute atomic E-state index is 6.13. The molecule has 1 aliphatic rings. The zero-order valence-corrected chi connectivity index (χ0v) is 15.4. The van der Waals surface area contributed by atoms with E-state index in [0.29, 0.717) is 41.1 Å². The first-order chi connectivity index (χ1) is 13.7. The molecule has 0 aliphatic heterocycles. The first-order valence-electron chi connectivity index (χ1n) is 9.17. The summed E-state index contributed by atoms with van der Waals surface area (Å²) in [6.45, 7) is 0.354. The van der Waals surface area contributed by atoms with E-state index in [1.54, 1.807) is 11.6 Å². The Kier molecular flexibility index (Phi) is 3.83. The zero-order chi connectivity index (χ0) is 19.3. The van der Waals surface area contributed by atoms with Crippen LogP contribution in [0.3, 0.4) is 0 Å². The lowest BCUT2D eigenvalue weighted by molar-refractivity contribution is 0.336. The summed E-state index contributed by atoms with van der Waals surface area (Å²) in [6.07, 6.45) is 5.65. The number of para-hydroxylation sites is 1. The fourth-order valence-electron chi connectivity index (χ4n) is 3.76. The Morgan fingerprint density at radius 3 is 2.64 bits per heavy atom. The van der Waals surface area contributed by atoms with Crippen LogP contribution >= 0.6 is 0 Å². The Labute approximate surface area is 160 Å². The number of nitrogen functional groups attached to an aromatic ring is 1. The summed E-state index contributed by atoms with van der Waals surface area (Å²) in [5.41, 5.74) is 14.2. The summed E-state index contributed by atoms with van der Waals surface area (Å²) < 4.78 is 7.02. The minimum atomic E-state index is 0.277. The van der Waals surface area contributed by atoms with Crippen LogP contribution in [-0.2, 0) is 6.54 Å². The number of rotatable bonds is 4. The first kappa shape index (κ1) is 16.8. The van der Waals surface area contributed by atoms with E-state index in [2.05, 4.69) is 20.1 Å². The maximum Gasteiger partial charge on any atom is 0.223 e. The lowest BCUT2D eigenvalue weighted by Gasteiger charge is -2.33. The summed E-state index contributed by atoms with van der Waals surface area (Å²) in [4.78, 5) is 17.8. The Morgan fingerprint density at radius 1 is 1.14 bits per heavy atom. The minimum Gasteiger partial charge on any atom is -0.494 e. The summed E-state index contributed by atoms with van der Waals surface area (Å²) in [5, 5.41) is 5.49. The summed E-state index contributed by atoms with van der Waals surface area (Å²) in [7, 11) is 1.62. The highest BCUT2D eigenvalue weighted by atomic mass is 16.5. The molecular formula is C19H20N8O. The molecule has 0 atom stereocenters. The molecule has 0 unspecified atom stereocenters. The van der Waals surface area contributed by atoms with Gasteiger partial charge in [-0.25, -0.2) is 19.9 Å². The van der Waals surface area contributed by atoms with Gasteiger partial charge in [0.1, 0.15) is 17.1 Å². The number of anilines is 1. The van der Waals surface area contributed by atoms with Crippen molar-refractivity contribution in [3.8, 4) is 5.75 Å². The molecule has 3 aromatic heterocycles. The van der Waals surface area contributed by atoms with Crippen molar-refractivity contribution in [3.63, 3.8) is 0 Å². The second-order valence-electron chi connectivity index (χ2n) is 7.03. The predicted molar refractivity (Wildman–Crippen MR) is 104 cm³/mol. The van der Waals surface area contributed by atoms with E-state index in [0.717, 1.165) is 29.6 Å². The Morgan fingerprint density at radius 2 is 1.93 bits per heavy atom. The summed E-state index contributed by atoms with van der Waals surface area (Å²) in [6, 6.07) is 5.73. The number of methoxy groups -OCH3 is 1. The number of nitrogens with zero attached hydrogens (tertiary/aromatic N) is 6. The number of benzene rings is 1. The Hall–Kier alpha value is -3.33. The van der Waals surface area contributed by atoms with Crippen LogP contribution in [0.2, 0.25) is 0 Å². The molecule has 0 spiro atoms. The van der Waals surface area contributed by atoms with Crippen LogP contribution in [-0.4, -0.2) is 36.7 Å². The number of hydrogen-bond donors (Lipinski definition) is 2. The molecule has 5 rings (SSSR count). The van der Waals surface area contributed by atoms with Crippen molar-refractivity contribution in [1.82, 2.24) is 29.5 Å². The second-order valence-corrected chi connectivity index (χ2v) is 7.03. The maximum atomic E-state index is 6.13. The van der Waals surface area contributed by atoms with E-state index in [-0.39, 0.29) is 5.92 Å². The topological polar surface area (TPSA) is 130 Å². The lowest BCUT2D eigenvalue weighted by atomic mass is 9.72. The standard InChI is InChI=1S/C19H20N8O/c1-28-14-4-2-3-13-16(14)24-19(21)27-18(13)25-17(26-27)11-5-10(6-11)12-8-22-15(7-20)23-9-12/h2-4,8-11H,5-7,20H2,1H3,(H2,21,24)/t10-,11-. The largest absolute Gasteiger partial charge is 0.494 e. The van der Waals surface area contributed by atoms with Gasteiger partial charge >= 0.3 is 0 Å². The normalized spacial score (nSPS) is 19.1. The second kappa shape index (κ2) is 6.38. The van der Waals surface area contributed by atoms with Crippen LogP contribution in [0.5, 0.6) is 5.75 Å². The van der Waals surface area contributed by atoms with Crippen LogP contribution < -0.4 is 16.2 Å². The molecule has 1 aliphatic carbocycles. The molecule has 0 amide bonds. The summed E-state index contributed by atoms with van der Waals surface area (Å²) >= 11 is 0. The van der Waals surface area contributed by atoms with E-state index in [1.165, 1.54) is 0 Å². The van der Waals surface area contributed by atoms with Crippen LogP contribution in [0.25, 0.3) is 16.6 Å². The average molecular weight is 376 g/mol. The van der Waals surface area contributed by atoms with Gasteiger partial charge in [-0.3, -0.25) is 0 Å². The molecule has 0 saturated heterocycles. The molecule has 1 aromatic carbocycles. The molecule has 1 fully saturated rings. The van der Waals surface area contributed by atoms with Crippen LogP contribution in [0, 0.1) is 0 Å². The van der Waals surface area contributed by atoms with Gasteiger partial charge < -0.3 is 16.2 Å². The van der Waals surface area contributed by atoms with E-state index in [9.17, 15) is 0 Å². The van der Waals surface area contributed by atoms with Crippen LogP contribution in [0.4, 0.5) is 5.95 Å². The molecule has 4 aromatic rings. The van der Waals surface area contributed by atoms with Crippen molar-refractivity contribution in [2.75, 3.05) is 12.8 Å². The van der Waals surface area contributed by atoms with Gasteiger partial charge in [0.05, 0.1) is 13.7 Å². The first-order valence-corrected chi connectivity index (χ1v) is 9.17. The third-order valence-electron chi connectivity index (χ3n) is 5.41. The molecular weight excluding hydrogens is 356 g/mol. The van der Waals surface area contributed by atoms with Crippen molar-refractivity contribution < 1.29 is 4.74 Å². The van der Waals surface area contributed by atoms with Gasteiger partial charge in [0.25, 0.3) is 0 Å². The van der Waals surface area contributed by atoms with Crippen molar-refractivity contribution in [2.24, 2.45) is 5.73 Å². The Balaban J connectivity index is 1.46. The molecule has 9 nitrogen and oxygen atoms in total. The monoisotopic (exact) mass is 376 g/mol. The van der Waals surface area contributed by atoms with Gasteiger partial charge in [-0.15, -0.1) is 5.10 Å². The molecule has 0 radical (unpaired) electrons. The molecule has 28 heavy (non-hydrogen) atoms. The highest BCUT2D eigenvalue weighted by Gasteiger charge is 2.35. The quantitative estimate of drug-likeness (QED) is 0.551. The zero-order valence-electron chi connectivity index (χ0n) is 15.4. The fourth-order valence-corrected chi connectivity index (χ4v) is 3.76. The van der Waals surface area contributed by atoms with Gasteiger partial charge in [-0.2, -0.15) is 4.52 Å². The van der Waals surface area contributed by atoms with Gasteiger partial charge in [-0.05, 0) is 36.5 Å². The molecule has 0 bridgehead atoms. The van der Waals surface area contributed by atoms with E-state index in [4.69, 9.17) is 21.2 Å². The van der Waals surface area contributed by atoms with Gasteiger partial charge in [0.15, 0.2) is 11.5 Å². The fraction of sp³-hybridized carbons (Fsp3) is 0.316. The molecule has 3 heterocycles. The lowest BCUT2D eigenvalue weighted by Crippen LogP contribution is -2.22. The molecule has 142 valence electrons. The average Bonchev–Trinajstić information content (AvgIpc) is 3.13. The summed E-state index contributed by atoms with van der Waals surface area (Å²) in [5.74, 6) is 3.11. The van der Waals surface area contributed by atoms with Gasteiger partial charge in [-0.1, -0.05) is 6.07 Å². The number of fused-ring (bicyclic) bond motifs is 3. The molecule has 1 saturated carbocycles. The van der Waals surface area contributed by atoms with Crippen molar-refractivity contribution >= 4 is 22.5 Å². The number of aromatic nitrogens is 6. The highest BCUT2D eigenvalue weighted by molar-refractivity contribution is 5.95. The van der Waals surface area contributed by atoms with Crippen LogP contribution in [0.1, 0.15) is 41.9 Å². The molecule has 9 heteroatoms. The SMILES string of the molecule is COc1cccc2c1nc(N)n1nc([C@H]3C[C@H](c4cnc(CN)nc4)C3)nc21. The number of hydrogen-bond acceptors (Lipinski definition) is 8. The smallest absolute Gasteiger partial charge is 0.223 e. The van der Waals surface area contributed by atoms with Crippen molar-refractivity contribution in [1.29, 1.82) is 0 Å². The van der Waals surface area contributed by atoms with Gasteiger partial charge in [0, 0.05) is 23.7 Å². The van der Waals surface area contributed by atoms with Gasteiger partial charge in [0.2, 0.25) is 5.95 Å². The van der Waals surface area contributed by atoms with Crippen LogP contribution in [0.15, 0.2) is 30.6 Å². The third-order valence-corrected chi connectivity index (χ3v) is 5.41. The molecule has 4 N–H and O–H groups in total. The highest BCUT2D eigenvalue weighted by Crippen LogP contribution is 2.46. The number of nitrogens with two attached hydrogens (primary N) is 2. The minimum absolute atomic E-state index is 0.277. The van der Waals surface area contributed by atoms with E-state index in [1.807, 2.05) is 30.6 Å². The third kappa shape index (κ3) is 2.55. The Bertz CT molecular complexity index is 1160.